The van der Waals surface area contributed by atoms with Crippen LogP contribution >= 0.6 is 22.6 Å². The minimum Gasteiger partial charge on any atom is -0.481 e. The van der Waals surface area contributed by atoms with Crippen molar-refractivity contribution < 1.29 is 9.90 Å². The molecule has 0 radical (unpaired) electrons. The predicted octanol–water partition coefficient (Wildman–Crippen LogP) is 4.32. The average Bonchev–Trinajstić information content (AvgIpc) is 2.48. The van der Waals surface area contributed by atoms with Gasteiger partial charge in [-0.2, -0.15) is 0 Å². The summed E-state index contributed by atoms with van der Waals surface area (Å²) in [5.41, 5.74) is 0.720. The number of rotatable bonds is 5. The van der Waals surface area contributed by atoms with E-state index in [1.165, 1.54) is 9.13 Å². The van der Waals surface area contributed by atoms with Crippen LogP contribution in [0.4, 0.5) is 0 Å². The van der Waals surface area contributed by atoms with Crippen LogP contribution in [0.3, 0.4) is 0 Å². The molecule has 3 nitrogen and oxygen atoms in total. The molecule has 0 aliphatic carbocycles. The number of halogens is 1. The molecule has 2 unspecified atom stereocenters. The average molecular weight is 401 g/mol. The lowest BCUT2D eigenvalue weighted by atomic mass is 9.76. The lowest BCUT2D eigenvalue weighted by Gasteiger charge is -2.42. The zero-order valence-electron chi connectivity index (χ0n) is 12.8. The fourth-order valence-electron chi connectivity index (χ4n) is 3.41. The highest BCUT2D eigenvalue weighted by molar-refractivity contribution is 14.1. The minimum absolute atomic E-state index is 0.276. The number of aliphatic carboxylic acids is 1. The number of hydrogen-bond acceptors (Lipinski definition) is 2. The Balaban J connectivity index is 2.16. The molecule has 1 heterocycles. The lowest BCUT2D eigenvalue weighted by Crippen LogP contribution is -2.48. The van der Waals surface area contributed by atoms with Crippen LogP contribution in [0, 0.1) is 8.99 Å². The van der Waals surface area contributed by atoms with Crippen molar-refractivity contribution in [3.8, 4) is 0 Å². The quantitative estimate of drug-likeness (QED) is 0.748. The molecule has 0 bridgehead atoms. The number of carbonyl (C=O) groups is 1. The number of carboxylic acid groups (broad SMARTS) is 1. The highest BCUT2D eigenvalue weighted by Crippen LogP contribution is 2.38. The molecular weight excluding hydrogens is 377 g/mol. The van der Waals surface area contributed by atoms with Crippen molar-refractivity contribution in [2.24, 2.45) is 5.41 Å². The van der Waals surface area contributed by atoms with Gasteiger partial charge in [-0.3, -0.25) is 9.69 Å². The van der Waals surface area contributed by atoms with E-state index in [0.717, 1.165) is 32.2 Å². The lowest BCUT2D eigenvalue weighted by molar-refractivity contribution is -0.154. The van der Waals surface area contributed by atoms with Crippen LogP contribution < -0.4 is 0 Å². The first-order chi connectivity index (χ1) is 9.98. The van der Waals surface area contributed by atoms with Crippen LogP contribution in [-0.2, 0) is 4.79 Å². The SMILES string of the molecule is CCCC1(C(=O)O)CCCN(C(C)c2ccc(I)cc2)C1. The van der Waals surface area contributed by atoms with Crippen molar-refractivity contribution in [3.05, 3.63) is 33.4 Å². The van der Waals surface area contributed by atoms with Gasteiger partial charge in [0.1, 0.15) is 0 Å². The molecule has 116 valence electrons. The molecular formula is C17H24INO2. The first-order valence-electron chi connectivity index (χ1n) is 7.71. The molecule has 0 aromatic heterocycles. The Labute approximate surface area is 140 Å². The molecule has 4 heteroatoms. The Morgan fingerprint density at radius 3 is 2.67 bits per heavy atom. The number of benzene rings is 1. The van der Waals surface area contributed by atoms with Gasteiger partial charge in [-0.05, 0) is 73.0 Å². The van der Waals surface area contributed by atoms with Gasteiger partial charge in [-0.15, -0.1) is 0 Å². The van der Waals surface area contributed by atoms with Crippen LogP contribution in [0.5, 0.6) is 0 Å². The summed E-state index contributed by atoms with van der Waals surface area (Å²) in [6.07, 6.45) is 3.49. The van der Waals surface area contributed by atoms with E-state index < -0.39 is 11.4 Å². The predicted molar refractivity (Wildman–Crippen MR) is 93.4 cm³/mol. The van der Waals surface area contributed by atoms with Gasteiger partial charge in [-0.25, -0.2) is 0 Å². The Hall–Kier alpha value is -0.620. The number of nitrogens with zero attached hydrogens (tertiary/aromatic N) is 1. The zero-order valence-corrected chi connectivity index (χ0v) is 15.0. The Morgan fingerprint density at radius 2 is 2.10 bits per heavy atom. The van der Waals surface area contributed by atoms with Crippen molar-refractivity contribution >= 4 is 28.6 Å². The van der Waals surface area contributed by atoms with Crippen molar-refractivity contribution in [2.45, 2.75) is 45.6 Å². The second-order valence-electron chi connectivity index (χ2n) is 6.14. The third-order valence-corrected chi connectivity index (χ3v) is 5.41. The summed E-state index contributed by atoms with van der Waals surface area (Å²) in [5, 5.41) is 9.70. The smallest absolute Gasteiger partial charge is 0.310 e. The number of carboxylic acids is 1. The molecule has 0 spiro atoms. The number of likely N-dealkylation sites (tertiary alicyclic amines) is 1. The highest BCUT2D eigenvalue weighted by Gasteiger charge is 2.42. The van der Waals surface area contributed by atoms with Gasteiger partial charge in [0.05, 0.1) is 5.41 Å². The second-order valence-corrected chi connectivity index (χ2v) is 7.38. The summed E-state index contributed by atoms with van der Waals surface area (Å²) in [6, 6.07) is 8.82. The van der Waals surface area contributed by atoms with Crippen LogP contribution in [0.25, 0.3) is 0 Å². The summed E-state index contributed by atoms with van der Waals surface area (Å²) in [6.45, 7) is 5.92. The van der Waals surface area contributed by atoms with Gasteiger partial charge in [0, 0.05) is 16.2 Å². The Morgan fingerprint density at radius 1 is 1.43 bits per heavy atom. The summed E-state index contributed by atoms with van der Waals surface area (Å²) < 4.78 is 1.23. The molecule has 1 fully saturated rings. The van der Waals surface area contributed by atoms with E-state index in [9.17, 15) is 9.90 Å². The van der Waals surface area contributed by atoms with E-state index in [1.807, 2.05) is 0 Å². The molecule has 0 saturated carbocycles. The fraction of sp³-hybridized carbons (Fsp3) is 0.588. The van der Waals surface area contributed by atoms with Crippen LogP contribution in [0.1, 0.15) is 51.1 Å². The highest BCUT2D eigenvalue weighted by atomic mass is 127. The van der Waals surface area contributed by atoms with Gasteiger partial charge < -0.3 is 5.11 Å². The Kier molecular flexibility index (Phi) is 5.66. The maximum Gasteiger partial charge on any atom is 0.310 e. The van der Waals surface area contributed by atoms with E-state index in [0.29, 0.717) is 6.54 Å². The van der Waals surface area contributed by atoms with Gasteiger partial charge in [0.15, 0.2) is 0 Å². The van der Waals surface area contributed by atoms with Gasteiger partial charge >= 0.3 is 5.97 Å². The summed E-state index contributed by atoms with van der Waals surface area (Å²) in [4.78, 5) is 14.1. The first-order valence-corrected chi connectivity index (χ1v) is 8.79. The van der Waals surface area contributed by atoms with Crippen LogP contribution in [0.2, 0.25) is 0 Å². The molecule has 2 atom stereocenters. The summed E-state index contributed by atoms with van der Waals surface area (Å²) in [5.74, 6) is -0.621. The van der Waals surface area contributed by atoms with E-state index >= 15 is 0 Å². The second kappa shape index (κ2) is 7.09. The molecule has 1 aromatic rings. The molecule has 1 aliphatic heterocycles. The van der Waals surface area contributed by atoms with E-state index in [1.54, 1.807) is 0 Å². The largest absolute Gasteiger partial charge is 0.481 e. The number of hydrogen-bond donors (Lipinski definition) is 1. The van der Waals surface area contributed by atoms with Gasteiger partial charge in [0.2, 0.25) is 0 Å². The topological polar surface area (TPSA) is 40.5 Å². The number of piperidine rings is 1. The monoisotopic (exact) mass is 401 g/mol. The maximum atomic E-state index is 11.8. The maximum absolute atomic E-state index is 11.8. The van der Waals surface area contributed by atoms with Gasteiger partial charge in [-0.1, -0.05) is 25.5 Å². The van der Waals surface area contributed by atoms with Crippen LogP contribution in [-0.4, -0.2) is 29.1 Å². The van der Waals surface area contributed by atoms with Crippen molar-refractivity contribution in [2.75, 3.05) is 13.1 Å². The Bertz CT molecular complexity index is 484. The first kappa shape index (κ1) is 16.7. The van der Waals surface area contributed by atoms with E-state index in [4.69, 9.17) is 0 Å². The minimum atomic E-state index is -0.621. The van der Waals surface area contributed by atoms with E-state index in [2.05, 4.69) is 65.6 Å². The van der Waals surface area contributed by atoms with E-state index in [-0.39, 0.29) is 6.04 Å². The van der Waals surface area contributed by atoms with Gasteiger partial charge in [0.25, 0.3) is 0 Å². The summed E-state index contributed by atoms with van der Waals surface area (Å²) >= 11 is 2.31. The third kappa shape index (κ3) is 3.77. The molecule has 1 aliphatic rings. The zero-order chi connectivity index (χ0) is 15.5. The third-order valence-electron chi connectivity index (χ3n) is 4.69. The normalized spacial score (nSPS) is 24.7. The van der Waals surface area contributed by atoms with Crippen LogP contribution in [0.15, 0.2) is 24.3 Å². The molecule has 1 aromatic carbocycles. The molecule has 0 amide bonds. The van der Waals surface area contributed by atoms with Crippen molar-refractivity contribution in [1.82, 2.24) is 4.90 Å². The fourth-order valence-corrected chi connectivity index (χ4v) is 3.77. The standard InChI is InChI=1S/C17H24INO2/c1-3-9-17(16(20)21)10-4-11-19(12-17)13(2)14-5-7-15(18)8-6-14/h5-8,13H,3-4,9-12H2,1-2H3,(H,20,21). The van der Waals surface area contributed by atoms with Crippen molar-refractivity contribution in [1.29, 1.82) is 0 Å². The molecule has 1 saturated heterocycles. The van der Waals surface area contributed by atoms with Crippen molar-refractivity contribution in [3.63, 3.8) is 0 Å². The summed E-state index contributed by atoms with van der Waals surface area (Å²) in [7, 11) is 0. The molecule has 2 rings (SSSR count). The molecule has 21 heavy (non-hydrogen) atoms. The molecule has 1 N–H and O–H groups in total.